The number of piperidine rings is 1. The van der Waals surface area contributed by atoms with E-state index in [-0.39, 0.29) is 5.91 Å². The summed E-state index contributed by atoms with van der Waals surface area (Å²) in [5, 5.41) is 7.85. The van der Waals surface area contributed by atoms with Gasteiger partial charge in [-0.2, -0.15) is 5.10 Å². The van der Waals surface area contributed by atoms with Crippen molar-refractivity contribution in [3.63, 3.8) is 0 Å². The van der Waals surface area contributed by atoms with Gasteiger partial charge in [-0.3, -0.25) is 14.4 Å². The third-order valence-electron chi connectivity index (χ3n) is 5.75. The topological polar surface area (TPSA) is 53.4 Å². The van der Waals surface area contributed by atoms with Crippen LogP contribution < -0.4 is 5.32 Å². The van der Waals surface area contributed by atoms with Crippen molar-refractivity contribution >= 4 is 5.91 Å². The number of fused-ring (bicyclic) bond motifs is 1. The van der Waals surface area contributed by atoms with E-state index in [0.29, 0.717) is 19.0 Å². The van der Waals surface area contributed by atoms with Crippen LogP contribution in [0.25, 0.3) is 0 Å². The van der Waals surface area contributed by atoms with E-state index >= 15 is 0 Å². The van der Waals surface area contributed by atoms with Crippen molar-refractivity contribution in [1.29, 1.82) is 0 Å². The van der Waals surface area contributed by atoms with Crippen LogP contribution in [0.2, 0.25) is 0 Å². The number of hydrogen-bond acceptors (Lipinski definition) is 4. The van der Waals surface area contributed by atoms with Gasteiger partial charge in [0.25, 0.3) is 0 Å². The number of rotatable bonds is 5. The molecule has 0 spiro atoms. The second-order valence-electron chi connectivity index (χ2n) is 7.98. The van der Waals surface area contributed by atoms with Crippen molar-refractivity contribution in [2.24, 2.45) is 0 Å². The number of carbonyl (C=O) groups is 1. The van der Waals surface area contributed by atoms with E-state index < -0.39 is 0 Å². The van der Waals surface area contributed by atoms with Gasteiger partial charge in [-0.05, 0) is 49.2 Å². The minimum absolute atomic E-state index is 0.0985. The maximum Gasteiger partial charge on any atom is 0.244 e. The Labute approximate surface area is 161 Å². The largest absolute Gasteiger partial charge is 0.340 e. The predicted molar refractivity (Wildman–Crippen MR) is 105 cm³/mol. The molecule has 4 rings (SSSR count). The molecule has 0 aliphatic carbocycles. The number of amides is 1. The highest BCUT2D eigenvalue weighted by atomic mass is 16.2. The molecule has 2 aliphatic rings. The smallest absolute Gasteiger partial charge is 0.244 e. The average molecular weight is 367 g/mol. The number of aromatic nitrogens is 2. The lowest BCUT2D eigenvalue weighted by atomic mass is 9.96. The lowest BCUT2D eigenvalue weighted by Crippen LogP contribution is -2.33. The number of nitrogens with one attached hydrogen (secondary N) is 1. The zero-order valence-corrected chi connectivity index (χ0v) is 16.3. The molecule has 1 fully saturated rings. The van der Waals surface area contributed by atoms with Crippen LogP contribution >= 0.6 is 0 Å². The number of benzene rings is 1. The van der Waals surface area contributed by atoms with E-state index in [0.717, 1.165) is 32.6 Å². The zero-order valence-electron chi connectivity index (χ0n) is 16.3. The molecule has 1 saturated heterocycles. The fourth-order valence-electron chi connectivity index (χ4n) is 4.25. The Morgan fingerprint density at radius 3 is 2.96 bits per heavy atom. The third-order valence-corrected chi connectivity index (χ3v) is 5.75. The molecule has 27 heavy (non-hydrogen) atoms. The lowest BCUT2D eigenvalue weighted by Gasteiger charge is -2.24. The molecule has 0 unspecified atom stereocenters. The summed E-state index contributed by atoms with van der Waals surface area (Å²) in [4.78, 5) is 16.9. The molecule has 0 saturated carbocycles. The molecular formula is C21H29N5O. The molecular weight excluding hydrogens is 338 g/mol. The maximum absolute atomic E-state index is 12.8. The van der Waals surface area contributed by atoms with Gasteiger partial charge in [-0.25, -0.2) is 0 Å². The molecule has 6 heteroatoms. The molecule has 1 atom stereocenters. The van der Waals surface area contributed by atoms with Crippen molar-refractivity contribution in [3.05, 3.63) is 52.8 Å². The second kappa shape index (κ2) is 7.82. The molecule has 1 N–H and O–H groups in total. The molecule has 1 aromatic carbocycles. The summed E-state index contributed by atoms with van der Waals surface area (Å²) >= 11 is 0. The van der Waals surface area contributed by atoms with Crippen LogP contribution in [0.5, 0.6) is 0 Å². The first-order valence-electron chi connectivity index (χ1n) is 9.86. The zero-order chi connectivity index (χ0) is 18.8. The summed E-state index contributed by atoms with van der Waals surface area (Å²) in [5.74, 6) is 0.550. The number of carbonyl (C=O) groups excluding carboxylic acids is 1. The van der Waals surface area contributed by atoms with Crippen molar-refractivity contribution in [1.82, 2.24) is 24.9 Å². The van der Waals surface area contributed by atoms with E-state index in [4.69, 9.17) is 0 Å². The normalized spacial score (nSPS) is 19.9. The van der Waals surface area contributed by atoms with Crippen molar-refractivity contribution in [3.8, 4) is 0 Å². The van der Waals surface area contributed by atoms with E-state index in [2.05, 4.69) is 46.6 Å². The molecule has 0 radical (unpaired) electrons. The summed E-state index contributed by atoms with van der Waals surface area (Å²) in [7, 11) is 4.02. The monoisotopic (exact) mass is 367 g/mol. The maximum atomic E-state index is 12.8. The first-order chi connectivity index (χ1) is 13.1. The van der Waals surface area contributed by atoms with Gasteiger partial charge in [0.2, 0.25) is 5.91 Å². The fourth-order valence-corrected chi connectivity index (χ4v) is 4.25. The SMILES string of the molecule is CN1Cc2ccc(CN(C)C(=O)Cn3nccc3[C@H]3CCCNC3)cc2C1. The summed E-state index contributed by atoms with van der Waals surface area (Å²) in [6.45, 7) is 5.01. The summed E-state index contributed by atoms with van der Waals surface area (Å²) in [5.41, 5.74) is 5.15. The van der Waals surface area contributed by atoms with E-state index in [9.17, 15) is 4.79 Å². The molecule has 6 nitrogen and oxygen atoms in total. The minimum Gasteiger partial charge on any atom is -0.340 e. The van der Waals surface area contributed by atoms with Gasteiger partial charge in [0, 0.05) is 51.0 Å². The van der Waals surface area contributed by atoms with E-state index in [1.165, 1.54) is 28.8 Å². The van der Waals surface area contributed by atoms with Gasteiger partial charge in [0.1, 0.15) is 6.54 Å². The highest BCUT2D eigenvalue weighted by Crippen LogP contribution is 2.24. The average Bonchev–Trinajstić information content (AvgIpc) is 3.27. The predicted octanol–water partition coefficient (Wildman–Crippen LogP) is 1.95. The summed E-state index contributed by atoms with van der Waals surface area (Å²) in [6, 6.07) is 8.65. The molecule has 1 aromatic heterocycles. The van der Waals surface area contributed by atoms with Gasteiger partial charge in [-0.1, -0.05) is 18.2 Å². The Morgan fingerprint density at radius 2 is 2.15 bits per heavy atom. The molecule has 0 bridgehead atoms. The van der Waals surface area contributed by atoms with Crippen molar-refractivity contribution in [2.45, 2.75) is 44.9 Å². The first-order valence-corrected chi connectivity index (χ1v) is 9.86. The van der Waals surface area contributed by atoms with Crippen LogP contribution in [-0.2, 0) is 31.0 Å². The minimum atomic E-state index is 0.0985. The van der Waals surface area contributed by atoms with Crippen LogP contribution in [0.4, 0.5) is 0 Å². The number of hydrogen-bond donors (Lipinski definition) is 1. The van der Waals surface area contributed by atoms with Crippen LogP contribution in [0.1, 0.15) is 41.1 Å². The van der Waals surface area contributed by atoms with E-state index in [1.54, 1.807) is 0 Å². The van der Waals surface area contributed by atoms with Crippen molar-refractivity contribution in [2.75, 3.05) is 27.2 Å². The van der Waals surface area contributed by atoms with Crippen LogP contribution in [0.3, 0.4) is 0 Å². The molecule has 144 valence electrons. The highest BCUT2D eigenvalue weighted by molar-refractivity contribution is 5.75. The fraction of sp³-hybridized carbons (Fsp3) is 0.524. The van der Waals surface area contributed by atoms with Crippen LogP contribution in [0, 0.1) is 0 Å². The van der Waals surface area contributed by atoms with Crippen LogP contribution in [-0.4, -0.2) is 52.7 Å². The molecule has 2 aromatic rings. The second-order valence-corrected chi connectivity index (χ2v) is 7.98. The summed E-state index contributed by atoms with van der Waals surface area (Å²) in [6.07, 6.45) is 4.15. The van der Waals surface area contributed by atoms with Gasteiger partial charge >= 0.3 is 0 Å². The molecule has 2 aliphatic heterocycles. The van der Waals surface area contributed by atoms with Gasteiger partial charge in [0.05, 0.1) is 0 Å². The molecule has 1 amide bonds. The third kappa shape index (κ3) is 4.06. The lowest BCUT2D eigenvalue weighted by molar-refractivity contribution is -0.131. The van der Waals surface area contributed by atoms with E-state index in [1.807, 2.05) is 22.8 Å². The van der Waals surface area contributed by atoms with Gasteiger partial charge < -0.3 is 10.2 Å². The Bertz CT molecular complexity index is 809. The quantitative estimate of drug-likeness (QED) is 0.878. The number of nitrogens with zero attached hydrogens (tertiary/aromatic N) is 4. The highest BCUT2D eigenvalue weighted by Gasteiger charge is 2.21. The van der Waals surface area contributed by atoms with Crippen LogP contribution in [0.15, 0.2) is 30.5 Å². The Hall–Kier alpha value is -2.18. The standard InChI is InChI=1S/C21H29N5O/c1-24-13-18-6-5-16(10-19(18)14-24)12-25(2)21(27)15-26-20(7-9-23-26)17-4-3-8-22-11-17/h5-7,9-10,17,22H,3-4,8,11-15H2,1-2H3/t17-/m0/s1. The Kier molecular flexibility index (Phi) is 5.27. The van der Waals surface area contributed by atoms with Gasteiger partial charge in [-0.15, -0.1) is 0 Å². The van der Waals surface area contributed by atoms with Crippen molar-refractivity contribution < 1.29 is 4.79 Å². The van der Waals surface area contributed by atoms with Gasteiger partial charge in [0.15, 0.2) is 0 Å². The summed E-state index contributed by atoms with van der Waals surface area (Å²) < 4.78 is 1.88. The Morgan fingerprint density at radius 1 is 1.30 bits per heavy atom. The molecule has 3 heterocycles. The Balaban J connectivity index is 1.39. The first kappa shape index (κ1) is 18.2. The number of likely N-dealkylation sites (N-methyl/N-ethyl adjacent to an activating group) is 1.